The number of nitrogens with zero attached hydrogens (tertiary/aromatic N) is 1. The quantitative estimate of drug-likeness (QED) is 0.784. The number of rotatable bonds is 5. The zero-order valence-corrected chi connectivity index (χ0v) is 13.7. The van der Waals surface area contributed by atoms with Crippen LogP contribution in [0.1, 0.15) is 17.4 Å². The number of hydrogen-bond acceptors (Lipinski definition) is 4. The predicted molar refractivity (Wildman–Crippen MR) is 91.4 cm³/mol. The number of amides is 2. The van der Waals surface area contributed by atoms with Gasteiger partial charge in [0.2, 0.25) is 0 Å². The van der Waals surface area contributed by atoms with Crippen molar-refractivity contribution in [3.05, 3.63) is 63.2 Å². The van der Waals surface area contributed by atoms with E-state index in [0.29, 0.717) is 17.0 Å². The number of carbonyl (C=O) groups excluding carboxylic acids is 2. The third-order valence-corrected chi connectivity index (χ3v) is 5.21. The minimum absolute atomic E-state index is 0.177. The van der Waals surface area contributed by atoms with Crippen LogP contribution in [0.2, 0.25) is 0 Å². The topological polar surface area (TPSA) is 37.4 Å². The number of thioether (sulfide) groups is 1. The second kappa shape index (κ2) is 6.50. The van der Waals surface area contributed by atoms with Crippen molar-refractivity contribution in [3.63, 3.8) is 0 Å². The number of hydrogen-bond donors (Lipinski definition) is 0. The second-order valence-corrected chi connectivity index (χ2v) is 7.02. The molecule has 0 unspecified atom stereocenters. The van der Waals surface area contributed by atoms with Gasteiger partial charge in [-0.1, -0.05) is 43.3 Å². The van der Waals surface area contributed by atoms with Gasteiger partial charge in [0.25, 0.3) is 11.8 Å². The molecule has 0 radical (unpaired) electrons. The lowest BCUT2D eigenvalue weighted by atomic mass is 10.2. The summed E-state index contributed by atoms with van der Waals surface area (Å²) in [5.41, 5.74) is 1.51. The van der Waals surface area contributed by atoms with E-state index in [0.717, 1.165) is 16.2 Å². The molecular weight excluding hydrogens is 314 g/mol. The van der Waals surface area contributed by atoms with E-state index in [1.807, 2.05) is 54.8 Å². The van der Waals surface area contributed by atoms with Crippen LogP contribution in [-0.2, 0) is 16.1 Å². The fourth-order valence-corrected chi connectivity index (χ4v) is 4.08. The maximum Gasteiger partial charge on any atom is 0.268 e. The van der Waals surface area contributed by atoms with Crippen LogP contribution in [0.4, 0.5) is 0 Å². The Kier molecular flexibility index (Phi) is 4.45. The highest BCUT2D eigenvalue weighted by Gasteiger charge is 2.39. The molecule has 0 bridgehead atoms. The Bertz CT molecular complexity index is 720. The molecule has 5 heteroatoms. The van der Waals surface area contributed by atoms with Crippen LogP contribution in [0.15, 0.2) is 52.7 Å². The van der Waals surface area contributed by atoms with Gasteiger partial charge in [-0.3, -0.25) is 14.5 Å². The van der Waals surface area contributed by atoms with Gasteiger partial charge < -0.3 is 0 Å². The van der Waals surface area contributed by atoms with Crippen LogP contribution in [0.25, 0.3) is 5.57 Å². The van der Waals surface area contributed by atoms with Crippen LogP contribution in [0.5, 0.6) is 0 Å². The molecule has 2 heterocycles. The van der Waals surface area contributed by atoms with Crippen LogP contribution in [-0.4, -0.2) is 22.5 Å². The Morgan fingerprint density at radius 3 is 2.45 bits per heavy atom. The van der Waals surface area contributed by atoms with Gasteiger partial charge in [-0.15, -0.1) is 23.1 Å². The Morgan fingerprint density at radius 1 is 1.05 bits per heavy atom. The zero-order valence-electron chi connectivity index (χ0n) is 12.1. The van der Waals surface area contributed by atoms with Gasteiger partial charge in [-0.25, -0.2) is 0 Å². The first-order valence-corrected chi connectivity index (χ1v) is 8.90. The molecule has 0 N–H and O–H groups in total. The van der Waals surface area contributed by atoms with Crippen LogP contribution in [0, 0.1) is 0 Å². The molecule has 1 aromatic carbocycles. The van der Waals surface area contributed by atoms with Crippen LogP contribution < -0.4 is 0 Å². The molecule has 0 atom stereocenters. The Hall–Kier alpha value is -1.85. The molecule has 3 rings (SSSR count). The first-order chi connectivity index (χ1) is 10.7. The molecule has 0 saturated heterocycles. The average Bonchev–Trinajstić information content (AvgIpc) is 3.12. The number of imide groups is 1. The van der Waals surface area contributed by atoms with Crippen LogP contribution >= 0.6 is 23.1 Å². The summed E-state index contributed by atoms with van der Waals surface area (Å²) in [6.45, 7) is 2.31. The minimum Gasteiger partial charge on any atom is -0.269 e. The summed E-state index contributed by atoms with van der Waals surface area (Å²) >= 11 is 2.94. The van der Waals surface area contributed by atoms with E-state index < -0.39 is 0 Å². The second-order valence-electron chi connectivity index (χ2n) is 4.80. The third kappa shape index (κ3) is 2.74. The lowest BCUT2D eigenvalue weighted by Gasteiger charge is -2.14. The monoisotopic (exact) mass is 329 g/mol. The van der Waals surface area contributed by atoms with Crippen LogP contribution in [0.3, 0.4) is 0 Å². The average molecular weight is 329 g/mol. The van der Waals surface area contributed by atoms with Gasteiger partial charge in [-0.05, 0) is 22.8 Å². The highest BCUT2D eigenvalue weighted by molar-refractivity contribution is 8.04. The van der Waals surface area contributed by atoms with Gasteiger partial charge >= 0.3 is 0 Å². The Labute approximate surface area is 137 Å². The third-order valence-electron chi connectivity index (χ3n) is 3.37. The first-order valence-electron chi connectivity index (χ1n) is 7.03. The molecule has 1 aliphatic heterocycles. The van der Waals surface area contributed by atoms with Crippen molar-refractivity contribution in [1.29, 1.82) is 0 Å². The van der Waals surface area contributed by atoms with Gasteiger partial charge in [0.15, 0.2) is 0 Å². The lowest BCUT2D eigenvalue weighted by Crippen LogP contribution is -2.30. The van der Waals surface area contributed by atoms with E-state index in [1.54, 1.807) is 0 Å². The van der Waals surface area contributed by atoms with Gasteiger partial charge in [-0.2, -0.15) is 0 Å². The van der Waals surface area contributed by atoms with Crippen molar-refractivity contribution >= 4 is 40.5 Å². The van der Waals surface area contributed by atoms with Crippen molar-refractivity contribution in [2.45, 2.75) is 13.5 Å². The highest BCUT2D eigenvalue weighted by atomic mass is 32.2. The zero-order chi connectivity index (χ0) is 15.5. The smallest absolute Gasteiger partial charge is 0.268 e. The fourth-order valence-electron chi connectivity index (χ4n) is 2.38. The Balaban J connectivity index is 1.94. The molecule has 2 aromatic rings. The molecular formula is C17H15NO2S2. The summed E-state index contributed by atoms with van der Waals surface area (Å²) in [4.78, 5) is 28.2. The maximum atomic E-state index is 12.7. The van der Waals surface area contributed by atoms with E-state index in [9.17, 15) is 9.59 Å². The van der Waals surface area contributed by atoms with Crippen molar-refractivity contribution < 1.29 is 9.59 Å². The summed E-state index contributed by atoms with van der Waals surface area (Å²) in [6.07, 6.45) is 0. The molecule has 3 nitrogen and oxygen atoms in total. The van der Waals surface area contributed by atoms with Crippen molar-refractivity contribution in [1.82, 2.24) is 4.90 Å². The molecule has 0 saturated carbocycles. The summed E-state index contributed by atoms with van der Waals surface area (Å²) in [7, 11) is 0. The first kappa shape index (κ1) is 15.1. The van der Waals surface area contributed by atoms with E-state index in [2.05, 4.69) is 0 Å². The largest absolute Gasteiger partial charge is 0.269 e. The SMILES string of the molecule is CCSC1=C(c2cccs2)C(=O)N(Cc2ccccc2)C1=O. The minimum atomic E-state index is -0.188. The lowest BCUT2D eigenvalue weighted by molar-refractivity contribution is -0.137. The van der Waals surface area contributed by atoms with E-state index in [4.69, 9.17) is 0 Å². The van der Waals surface area contributed by atoms with E-state index in [-0.39, 0.29) is 11.8 Å². The maximum absolute atomic E-state index is 12.7. The number of thiophene rings is 1. The highest BCUT2D eigenvalue weighted by Crippen LogP contribution is 2.38. The van der Waals surface area contributed by atoms with Crippen molar-refractivity contribution in [2.24, 2.45) is 0 Å². The molecule has 112 valence electrons. The summed E-state index contributed by atoms with van der Waals surface area (Å²) in [6, 6.07) is 13.4. The van der Waals surface area contributed by atoms with Gasteiger partial charge in [0.05, 0.1) is 17.0 Å². The van der Waals surface area contributed by atoms with Gasteiger partial charge in [0, 0.05) is 4.88 Å². The van der Waals surface area contributed by atoms with Crippen molar-refractivity contribution in [2.75, 3.05) is 5.75 Å². The summed E-state index contributed by atoms with van der Waals surface area (Å²) in [5.74, 6) is 0.402. The fraction of sp³-hybridized carbons (Fsp3) is 0.176. The Morgan fingerprint density at radius 2 is 1.82 bits per heavy atom. The summed E-state index contributed by atoms with van der Waals surface area (Å²) < 4.78 is 0. The molecule has 1 aliphatic rings. The number of benzene rings is 1. The molecule has 1 aromatic heterocycles. The van der Waals surface area contributed by atoms with E-state index >= 15 is 0 Å². The molecule has 0 aliphatic carbocycles. The number of carbonyl (C=O) groups is 2. The van der Waals surface area contributed by atoms with E-state index in [1.165, 1.54) is 28.0 Å². The van der Waals surface area contributed by atoms with Crippen molar-refractivity contribution in [3.8, 4) is 0 Å². The standard InChI is InChI=1S/C17H15NO2S2/c1-2-21-15-14(13-9-6-10-22-13)16(19)18(17(15)20)11-12-7-4-3-5-8-12/h3-10H,2,11H2,1H3. The molecule has 0 fully saturated rings. The normalized spacial score (nSPS) is 15.0. The van der Waals surface area contributed by atoms with Gasteiger partial charge in [0.1, 0.15) is 0 Å². The predicted octanol–water partition coefficient (Wildman–Crippen LogP) is 3.78. The molecule has 2 amide bonds. The molecule has 22 heavy (non-hydrogen) atoms. The molecule has 0 spiro atoms. The summed E-state index contributed by atoms with van der Waals surface area (Å²) in [5, 5.41) is 1.92.